The molecule has 5 heteroatoms. The van der Waals surface area contributed by atoms with Gasteiger partial charge in [0.2, 0.25) is 0 Å². The average molecular weight is 330 g/mol. The van der Waals surface area contributed by atoms with Gasteiger partial charge in [0.25, 0.3) is 0 Å². The van der Waals surface area contributed by atoms with Crippen molar-refractivity contribution < 1.29 is 14.3 Å². The Morgan fingerprint density at radius 2 is 1.92 bits per heavy atom. The highest BCUT2D eigenvalue weighted by Crippen LogP contribution is 2.31. The van der Waals surface area contributed by atoms with Gasteiger partial charge in [0.05, 0.1) is 0 Å². The maximum Gasteiger partial charge on any atom is 0.321 e. The highest BCUT2D eigenvalue weighted by molar-refractivity contribution is 5.97. The lowest BCUT2D eigenvalue weighted by Crippen LogP contribution is -2.34. The molecule has 1 aromatic carbocycles. The Hall–Kier alpha value is -1.88. The predicted octanol–water partition coefficient (Wildman–Crippen LogP) is 3.48. The molecule has 1 atom stereocenters. The molecule has 2 fully saturated rings. The molecule has 130 valence electrons. The van der Waals surface area contributed by atoms with Crippen molar-refractivity contribution in [1.29, 1.82) is 0 Å². The van der Waals surface area contributed by atoms with Gasteiger partial charge in [-0.15, -0.1) is 0 Å². The Kier molecular flexibility index (Phi) is 5.19. The van der Waals surface area contributed by atoms with Crippen molar-refractivity contribution >= 4 is 17.5 Å². The number of ether oxygens (including phenoxy) is 1. The number of hydrogen-bond acceptors (Lipinski definition) is 3. The third kappa shape index (κ3) is 3.78. The minimum Gasteiger partial charge on any atom is -0.381 e. The minimum absolute atomic E-state index is 0.0421. The number of benzene rings is 1. The molecule has 5 nitrogen and oxygen atoms in total. The quantitative estimate of drug-likeness (QED) is 0.863. The summed E-state index contributed by atoms with van der Waals surface area (Å²) in [6.45, 7) is 6.81. The molecule has 0 radical (unpaired) electrons. The van der Waals surface area contributed by atoms with E-state index in [4.69, 9.17) is 4.74 Å². The third-order valence-electron chi connectivity index (χ3n) is 5.30. The van der Waals surface area contributed by atoms with Crippen molar-refractivity contribution in [2.24, 2.45) is 11.8 Å². The molecule has 0 aliphatic carbocycles. The van der Waals surface area contributed by atoms with Gasteiger partial charge >= 0.3 is 6.03 Å². The highest BCUT2D eigenvalue weighted by Gasteiger charge is 2.32. The van der Waals surface area contributed by atoms with Crippen molar-refractivity contribution in [3.05, 3.63) is 29.3 Å². The van der Waals surface area contributed by atoms with Crippen LogP contribution in [-0.2, 0) is 4.74 Å². The molecule has 2 amide bonds. The van der Waals surface area contributed by atoms with E-state index in [-0.39, 0.29) is 11.8 Å². The summed E-state index contributed by atoms with van der Waals surface area (Å²) in [5, 5.41) is 2.97. The predicted molar refractivity (Wildman–Crippen MR) is 93.4 cm³/mol. The number of amides is 2. The summed E-state index contributed by atoms with van der Waals surface area (Å²) in [5.74, 6) is 1.33. The number of carbonyl (C=O) groups is 2. The van der Waals surface area contributed by atoms with Gasteiger partial charge in [-0.2, -0.15) is 0 Å². The lowest BCUT2D eigenvalue weighted by Gasteiger charge is -2.27. The van der Waals surface area contributed by atoms with Gasteiger partial charge < -0.3 is 15.0 Å². The maximum absolute atomic E-state index is 12.5. The second kappa shape index (κ2) is 7.34. The smallest absolute Gasteiger partial charge is 0.321 e. The van der Waals surface area contributed by atoms with Gasteiger partial charge in [0, 0.05) is 37.6 Å². The number of nitrogens with one attached hydrogen (secondary N) is 1. The Balaban J connectivity index is 1.57. The lowest BCUT2D eigenvalue weighted by atomic mass is 9.85. The normalized spacial score (nSPS) is 21.8. The maximum atomic E-state index is 12.5. The van der Waals surface area contributed by atoms with Crippen LogP contribution >= 0.6 is 0 Å². The molecular weight excluding hydrogens is 304 g/mol. The molecule has 2 heterocycles. The number of Topliss-reactive ketones (excluding diaryl/α,β-unsaturated/α-hetero) is 1. The van der Waals surface area contributed by atoms with E-state index in [1.807, 2.05) is 17.9 Å². The SMILES string of the molecule is CC(=O)c1ccc(NC(=O)N2CC[C@H](C3CCOCC3)C2)cc1C. The van der Waals surface area contributed by atoms with E-state index in [0.29, 0.717) is 17.4 Å². The summed E-state index contributed by atoms with van der Waals surface area (Å²) in [6, 6.07) is 5.40. The van der Waals surface area contributed by atoms with Crippen LogP contribution in [0.25, 0.3) is 0 Å². The Morgan fingerprint density at radius 1 is 1.17 bits per heavy atom. The van der Waals surface area contributed by atoms with Crippen molar-refractivity contribution in [2.75, 3.05) is 31.6 Å². The van der Waals surface area contributed by atoms with Gasteiger partial charge in [-0.25, -0.2) is 4.79 Å². The zero-order valence-electron chi connectivity index (χ0n) is 14.5. The zero-order chi connectivity index (χ0) is 17.1. The second-order valence-electron chi connectivity index (χ2n) is 6.96. The van der Waals surface area contributed by atoms with Crippen LogP contribution in [0.3, 0.4) is 0 Å². The Morgan fingerprint density at radius 3 is 2.58 bits per heavy atom. The number of rotatable bonds is 3. The van der Waals surface area contributed by atoms with Crippen LogP contribution in [0.15, 0.2) is 18.2 Å². The van der Waals surface area contributed by atoms with Crippen LogP contribution in [0.5, 0.6) is 0 Å². The molecule has 2 aliphatic heterocycles. The van der Waals surface area contributed by atoms with Gasteiger partial charge in [0.15, 0.2) is 5.78 Å². The summed E-state index contributed by atoms with van der Waals surface area (Å²) in [4.78, 5) is 25.9. The number of ketones is 1. The van der Waals surface area contributed by atoms with E-state index in [0.717, 1.165) is 56.8 Å². The van der Waals surface area contributed by atoms with Crippen LogP contribution in [0.2, 0.25) is 0 Å². The van der Waals surface area contributed by atoms with Gasteiger partial charge in [-0.1, -0.05) is 0 Å². The summed E-state index contributed by atoms with van der Waals surface area (Å²) in [7, 11) is 0. The number of aryl methyl sites for hydroxylation is 1. The monoisotopic (exact) mass is 330 g/mol. The molecule has 1 N–H and O–H groups in total. The van der Waals surface area contributed by atoms with Crippen molar-refractivity contribution in [1.82, 2.24) is 4.90 Å². The first-order chi connectivity index (χ1) is 11.5. The second-order valence-corrected chi connectivity index (χ2v) is 6.96. The molecular formula is C19H26N2O3. The molecule has 0 saturated carbocycles. The fourth-order valence-corrected chi connectivity index (χ4v) is 3.88. The van der Waals surface area contributed by atoms with E-state index in [1.165, 1.54) is 0 Å². The molecule has 0 bridgehead atoms. The zero-order valence-corrected chi connectivity index (χ0v) is 14.5. The topological polar surface area (TPSA) is 58.6 Å². The number of urea groups is 1. The first kappa shape index (κ1) is 17.0. The van der Waals surface area contributed by atoms with E-state index < -0.39 is 0 Å². The highest BCUT2D eigenvalue weighted by atomic mass is 16.5. The first-order valence-corrected chi connectivity index (χ1v) is 8.80. The van der Waals surface area contributed by atoms with E-state index in [9.17, 15) is 9.59 Å². The number of anilines is 1. The van der Waals surface area contributed by atoms with Crippen LogP contribution in [0.1, 0.15) is 42.1 Å². The molecule has 3 rings (SSSR count). The van der Waals surface area contributed by atoms with Gasteiger partial charge in [0.1, 0.15) is 0 Å². The van der Waals surface area contributed by atoms with E-state index >= 15 is 0 Å². The first-order valence-electron chi connectivity index (χ1n) is 8.80. The number of nitrogens with zero attached hydrogens (tertiary/aromatic N) is 1. The summed E-state index contributed by atoms with van der Waals surface area (Å²) in [6.07, 6.45) is 3.32. The van der Waals surface area contributed by atoms with E-state index in [1.54, 1.807) is 19.1 Å². The van der Waals surface area contributed by atoms with Crippen LogP contribution < -0.4 is 5.32 Å². The van der Waals surface area contributed by atoms with Crippen molar-refractivity contribution in [2.45, 2.75) is 33.1 Å². The number of carbonyl (C=O) groups excluding carboxylic acids is 2. The van der Waals surface area contributed by atoms with E-state index in [2.05, 4.69) is 5.32 Å². The Labute approximate surface area is 143 Å². The summed E-state index contributed by atoms with van der Waals surface area (Å²) >= 11 is 0. The van der Waals surface area contributed by atoms with Crippen molar-refractivity contribution in [3.8, 4) is 0 Å². The van der Waals surface area contributed by atoms with Gasteiger partial charge in [-0.3, -0.25) is 4.79 Å². The minimum atomic E-state index is -0.0421. The molecule has 24 heavy (non-hydrogen) atoms. The molecule has 1 aromatic rings. The number of hydrogen-bond donors (Lipinski definition) is 1. The van der Waals surface area contributed by atoms with Crippen LogP contribution in [0, 0.1) is 18.8 Å². The standard InChI is InChI=1S/C19H26N2O3/c1-13-11-17(3-4-18(13)14(2)22)20-19(23)21-8-5-16(12-21)15-6-9-24-10-7-15/h3-4,11,15-16H,5-10,12H2,1-2H3,(H,20,23)/t16-/m0/s1. The summed E-state index contributed by atoms with van der Waals surface area (Å²) < 4.78 is 5.43. The molecule has 0 unspecified atom stereocenters. The largest absolute Gasteiger partial charge is 0.381 e. The van der Waals surface area contributed by atoms with Gasteiger partial charge in [-0.05, 0) is 68.7 Å². The molecule has 2 saturated heterocycles. The fourth-order valence-electron chi connectivity index (χ4n) is 3.88. The van der Waals surface area contributed by atoms with Crippen molar-refractivity contribution in [3.63, 3.8) is 0 Å². The van der Waals surface area contributed by atoms with Crippen LogP contribution in [0.4, 0.5) is 10.5 Å². The van der Waals surface area contributed by atoms with Crippen LogP contribution in [-0.4, -0.2) is 43.0 Å². The average Bonchev–Trinajstić information content (AvgIpc) is 3.05. The molecule has 2 aliphatic rings. The molecule has 0 aromatic heterocycles. The third-order valence-corrected chi connectivity index (χ3v) is 5.30. The molecule has 0 spiro atoms. The fraction of sp³-hybridized carbons (Fsp3) is 0.579. The Bertz CT molecular complexity index is 623. The number of likely N-dealkylation sites (tertiary alicyclic amines) is 1. The summed E-state index contributed by atoms with van der Waals surface area (Å²) in [5.41, 5.74) is 2.34. The lowest BCUT2D eigenvalue weighted by molar-refractivity contribution is 0.0485.